The second-order valence-corrected chi connectivity index (χ2v) is 5.91. The predicted molar refractivity (Wildman–Crippen MR) is 67.8 cm³/mol. The maximum atomic E-state index is 11.7. The summed E-state index contributed by atoms with van der Waals surface area (Å²) >= 11 is 0. The van der Waals surface area contributed by atoms with E-state index in [-0.39, 0.29) is 16.8 Å². The average Bonchev–Trinajstić information content (AvgIpc) is 2.30. The molecule has 8 heteroatoms. The molecule has 1 aromatic carbocycles. The zero-order valence-electron chi connectivity index (χ0n) is 10.2. The van der Waals surface area contributed by atoms with Gasteiger partial charge in [0.05, 0.1) is 11.3 Å². The van der Waals surface area contributed by atoms with Crippen LogP contribution in [0.3, 0.4) is 0 Å². The molecule has 1 unspecified atom stereocenters. The van der Waals surface area contributed by atoms with E-state index in [1.165, 1.54) is 25.1 Å². The van der Waals surface area contributed by atoms with Crippen LogP contribution in [-0.4, -0.2) is 35.8 Å². The van der Waals surface area contributed by atoms with Crippen LogP contribution in [0.4, 0.5) is 5.69 Å². The van der Waals surface area contributed by atoms with Gasteiger partial charge in [0.1, 0.15) is 0 Å². The van der Waals surface area contributed by atoms with Gasteiger partial charge in [-0.2, -0.15) is 0 Å². The van der Waals surface area contributed by atoms with Gasteiger partial charge in [-0.05, 0) is 31.5 Å². The van der Waals surface area contributed by atoms with Gasteiger partial charge in [-0.3, -0.25) is 9.52 Å². The van der Waals surface area contributed by atoms with Crippen molar-refractivity contribution in [1.29, 1.82) is 0 Å². The highest BCUT2D eigenvalue weighted by molar-refractivity contribution is 7.94. The largest absolute Gasteiger partial charge is 0.480 e. The second-order valence-electron chi connectivity index (χ2n) is 3.91. The fourth-order valence-corrected chi connectivity index (χ4v) is 2.32. The lowest BCUT2D eigenvalue weighted by atomic mass is 10.1. The molecule has 0 aliphatic carbocycles. The molecule has 0 aromatic heterocycles. The third-order valence-electron chi connectivity index (χ3n) is 2.63. The van der Waals surface area contributed by atoms with Crippen molar-refractivity contribution in [2.45, 2.75) is 19.1 Å². The molecule has 0 saturated carbocycles. The maximum Gasteiger partial charge on any atom is 0.336 e. The van der Waals surface area contributed by atoms with Gasteiger partial charge in [-0.25, -0.2) is 13.2 Å². The van der Waals surface area contributed by atoms with Crippen LogP contribution in [-0.2, 0) is 14.8 Å². The maximum absolute atomic E-state index is 11.7. The molecular weight excluding hydrogens is 274 g/mol. The van der Waals surface area contributed by atoms with Gasteiger partial charge in [0.2, 0.25) is 10.0 Å². The summed E-state index contributed by atoms with van der Waals surface area (Å²) in [5.74, 6) is -2.68. The Morgan fingerprint density at radius 3 is 2.32 bits per heavy atom. The van der Waals surface area contributed by atoms with Crippen LogP contribution in [0.1, 0.15) is 22.8 Å². The minimum atomic E-state index is -4.12. The van der Waals surface area contributed by atoms with Crippen molar-refractivity contribution >= 4 is 27.6 Å². The highest BCUT2D eigenvalue weighted by atomic mass is 32.2. The Labute approximate surface area is 109 Å². The topological polar surface area (TPSA) is 121 Å². The van der Waals surface area contributed by atoms with E-state index < -0.39 is 27.2 Å². The van der Waals surface area contributed by atoms with Gasteiger partial charge < -0.3 is 10.2 Å². The number of hydrogen-bond donors (Lipinski definition) is 3. The molecule has 0 saturated heterocycles. The number of benzene rings is 1. The minimum Gasteiger partial charge on any atom is -0.480 e. The van der Waals surface area contributed by atoms with Crippen LogP contribution < -0.4 is 4.72 Å². The van der Waals surface area contributed by atoms with Crippen LogP contribution in [0.2, 0.25) is 0 Å². The van der Waals surface area contributed by atoms with Gasteiger partial charge >= 0.3 is 11.9 Å². The highest BCUT2D eigenvalue weighted by Gasteiger charge is 2.28. The SMILES string of the molecule is Cc1c(NS(=O)(=O)C(C)C(=O)O)cccc1C(=O)O. The molecule has 0 aliphatic heterocycles. The number of carboxylic acids is 2. The van der Waals surface area contributed by atoms with E-state index in [4.69, 9.17) is 10.2 Å². The third-order valence-corrected chi connectivity index (χ3v) is 4.27. The summed E-state index contributed by atoms with van der Waals surface area (Å²) in [5, 5.41) is 16.0. The highest BCUT2D eigenvalue weighted by Crippen LogP contribution is 2.21. The Kier molecular flexibility index (Phi) is 4.15. The molecule has 0 heterocycles. The predicted octanol–water partition coefficient (Wildman–Crippen LogP) is 0.908. The Morgan fingerprint density at radius 2 is 1.84 bits per heavy atom. The Morgan fingerprint density at radius 1 is 1.26 bits per heavy atom. The monoisotopic (exact) mass is 287 g/mol. The number of aliphatic carboxylic acids is 1. The van der Waals surface area contributed by atoms with Crippen LogP contribution in [0.5, 0.6) is 0 Å². The molecule has 0 aliphatic rings. The summed E-state index contributed by atoms with van der Waals surface area (Å²) in [5.41, 5.74) is 0.215. The lowest BCUT2D eigenvalue weighted by molar-refractivity contribution is -0.136. The molecule has 1 rings (SSSR count). The first-order chi connectivity index (χ1) is 8.66. The van der Waals surface area contributed by atoms with Crippen LogP contribution in [0.25, 0.3) is 0 Å². The molecule has 0 radical (unpaired) electrons. The Balaban J connectivity index is 3.18. The number of aromatic carboxylic acids is 1. The number of nitrogens with one attached hydrogen (secondary N) is 1. The zero-order chi connectivity index (χ0) is 14.8. The molecule has 3 N–H and O–H groups in total. The smallest absolute Gasteiger partial charge is 0.336 e. The molecule has 0 bridgehead atoms. The minimum absolute atomic E-state index is 0.0491. The first-order valence-corrected chi connectivity index (χ1v) is 6.78. The van der Waals surface area contributed by atoms with Gasteiger partial charge in [0.15, 0.2) is 5.25 Å². The van der Waals surface area contributed by atoms with Crippen LogP contribution >= 0.6 is 0 Å². The lowest BCUT2D eigenvalue weighted by Gasteiger charge is -2.14. The van der Waals surface area contributed by atoms with Gasteiger partial charge in [0, 0.05) is 0 Å². The van der Waals surface area contributed by atoms with Crippen molar-refractivity contribution in [3.8, 4) is 0 Å². The summed E-state index contributed by atoms with van der Waals surface area (Å²) in [6, 6.07) is 4.07. The van der Waals surface area contributed by atoms with E-state index in [1.54, 1.807) is 0 Å². The summed E-state index contributed by atoms with van der Waals surface area (Å²) < 4.78 is 25.6. The van der Waals surface area contributed by atoms with Crippen molar-refractivity contribution in [2.24, 2.45) is 0 Å². The average molecular weight is 287 g/mol. The number of carboxylic acid groups (broad SMARTS) is 2. The van der Waals surface area contributed by atoms with E-state index in [0.717, 1.165) is 6.92 Å². The Hall–Kier alpha value is -2.09. The van der Waals surface area contributed by atoms with Crippen molar-refractivity contribution in [3.63, 3.8) is 0 Å². The Bertz CT molecular complexity index is 622. The summed E-state index contributed by atoms with van der Waals surface area (Å²) in [6.07, 6.45) is 0. The normalized spacial score (nSPS) is 12.7. The molecule has 104 valence electrons. The molecule has 7 nitrogen and oxygen atoms in total. The van der Waals surface area contributed by atoms with E-state index in [9.17, 15) is 18.0 Å². The molecule has 1 atom stereocenters. The summed E-state index contributed by atoms with van der Waals surface area (Å²) in [7, 11) is -4.12. The van der Waals surface area contributed by atoms with Crippen molar-refractivity contribution in [3.05, 3.63) is 29.3 Å². The van der Waals surface area contributed by atoms with E-state index in [0.29, 0.717) is 0 Å². The number of rotatable bonds is 5. The quantitative estimate of drug-likeness (QED) is 0.740. The van der Waals surface area contributed by atoms with Crippen molar-refractivity contribution in [2.75, 3.05) is 4.72 Å². The van der Waals surface area contributed by atoms with Crippen molar-refractivity contribution < 1.29 is 28.2 Å². The third kappa shape index (κ3) is 3.22. The van der Waals surface area contributed by atoms with Gasteiger partial charge in [0.25, 0.3) is 0 Å². The molecule has 1 aromatic rings. The number of anilines is 1. The summed E-state index contributed by atoms with van der Waals surface area (Å²) in [4.78, 5) is 21.6. The van der Waals surface area contributed by atoms with E-state index in [1.807, 2.05) is 0 Å². The fourth-order valence-electron chi connectivity index (χ4n) is 1.35. The van der Waals surface area contributed by atoms with Gasteiger partial charge in [-0.1, -0.05) is 6.07 Å². The molecule has 19 heavy (non-hydrogen) atoms. The fraction of sp³-hybridized carbons (Fsp3) is 0.273. The summed E-state index contributed by atoms with van der Waals surface area (Å²) in [6.45, 7) is 2.47. The first-order valence-electron chi connectivity index (χ1n) is 5.24. The molecular formula is C11H13NO6S. The molecule has 0 fully saturated rings. The number of hydrogen-bond acceptors (Lipinski definition) is 4. The second kappa shape index (κ2) is 5.27. The molecule has 0 spiro atoms. The first kappa shape index (κ1) is 15.0. The lowest BCUT2D eigenvalue weighted by Crippen LogP contribution is -2.32. The standard InChI is InChI=1S/C11H13NO6S/c1-6-8(11(15)16)4-3-5-9(6)12-19(17,18)7(2)10(13)14/h3-5,7,12H,1-2H3,(H,13,14)(H,15,16). The number of carbonyl (C=O) groups is 2. The number of sulfonamides is 1. The zero-order valence-corrected chi connectivity index (χ0v) is 11.1. The van der Waals surface area contributed by atoms with Gasteiger partial charge in [-0.15, -0.1) is 0 Å². The molecule has 0 amide bonds. The van der Waals surface area contributed by atoms with Crippen LogP contribution in [0, 0.1) is 6.92 Å². The van der Waals surface area contributed by atoms with E-state index in [2.05, 4.69) is 4.72 Å². The van der Waals surface area contributed by atoms with Crippen LogP contribution in [0.15, 0.2) is 18.2 Å². The van der Waals surface area contributed by atoms with E-state index >= 15 is 0 Å². The van der Waals surface area contributed by atoms with Crippen molar-refractivity contribution in [1.82, 2.24) is 0 Å².